The summed E-state index contributed by atoms with van der Waals surface area (Å²) in [6, 6.07) is 10.5. The van der Waals surface area contributed by atoms with Gasteiger partial charge in [0.05, 0.1) is 0 Å². The second kappa shape index (κ2) is 8.70. The molecule has 19 heavy (non-hydrogen) atoms. The molecule has 0 saturated heterocycles. The van der Waals surface area contributed by atoms with Crippen LogP contribution in [0.2, 0.25) is 0 Å². The average Bonchev–Trinajstić information content (AvgIpc) is 2.38. The monoisotopic (exact) mass is 263 g/mol. The summed E-state index contributed by atoms with van der Waals surface area (Å²) in [6.07, 6.45) is 4.48. The second-order valence-electron chi connectivity index (χ2n) is 5.42. The van der Waals surface area contributed by atoms with Gasteiger partial charge in [-0.25, -0.2) is 0 Å². The molecule has 0 heterocycles. The summed E-state index contributed by atoms with van der Waals surface area (Å²) in [5, 5.41) is 8.80. The van der Waals surface area contributed by atoms with E-state index < -0.39 is 5.97 Å². The predicted octanol–water partition coefficient (Wildman–Crippen LogP) is 3.09. The maximum absolute atomic E-state index is 10.7. The Kier molecular flexibility index (Phi) is 7.19. The predicted molar refractivity (Wildman–Crippen MR) is 78.0 cm³/mol. The molecule has 0 aliphatic carbocycles. The molecule has 1 aromatic rings. The maximum atomic E-state index is 10.7. The molecule has 0 radical (unpaired) electrons. The number of carboxylic acids is 1. The Balaban J connectivity index is 2.23. The number of carboxylic acid groups (broad SMARTS) is 1. The van der Waals surface area contributed by atoms with Crippen molar-refractivity contribution in [2.75, 3.05) is 6.54 Å². The number of aryl methyl sites for hydroxylation is 1. The van der Waals surface area contributed by atoms with Gasteiger partial charge in [0.1, 0.15) is 0 Å². The molecule has 2 unspecified atom stereocenters. The Morgan fingerprint density at radius 3 is 2.58 bits per heavy atom. The number of nitrogens with two attached hydrogens (primary N) is 1. The summed E-state index contributed by atoms with van der Waals surface area (Å²) in [7, 11) is 0. The van der Waals surface area contributed by atoms with Crippen molar-refractivity contribution in [3.05, 3.63) is 35.9 Å². The van der Waals surface area contributed by atoms with Crippen LogP contribution < -0.4 is 5.73 Å². The Morgan fingerprint density at radius 2 is 2.00 bits per heavy atom. The van der Waals surface area contributed by atoms with Crippen molar-refractivity contribution in [1.29, 1.82) is 0 Å². The van der Waals surface area contributed by atoms with Gasteiger partial charge in [-0.2, -0.15) is 0 Å². The molecule has 0 amide bonds. The van der Waals surface area contributed by atoms with Crippen molar-refractivity contribution in [3.63, 3.8) is 0 Å². The number of hydrogen-bond acceptors (Lipinski definition) is 2. The van der Waals surface area contributed by atoms with Crippen LogP contribution in [0.15, 0.2) is 30.3 Å². The first kappa shape index (κ1) is 15.7. The Morgan fingerprint density at radius 1 is 1.32 bits per heavy atom. The van der Waals surface area contributed by atoms with Gasteiger partial charge >= 0.3 is 5.97 Å². The van der Waals surface area contributed by atoms with Gasteiger partial charge in [0.2, 0.25) is 0 Å². The molecule has 3 N–H and O–H groups in total. The molecule has 0 saturated carbocycles. The minimum absolute atomic E-state index is 0.115. The van der Waals surface area contributed by atoms with Gasteiger partial charge in [0.15, 0.2) is 0 Å². The molecule has 0 spiro atoms. The van der Waals surface area contributed by atoms with Gasteiger partial charge in [-0.15, -0.1) is 0 Å². The zero-order valence-corrected chi connectivity index (χ0v) is 11.7. The van der Waals surface area contributed by atoms with Crippen molar-refractivity contribution in [3.8, 4) is 0 Å². The fourth-order valence-electron chi connectivity index (χ4n) is 2.50. The van der Waals surface area contributed by atoms with E-state index >= 15 is 0 Å². The van der Waals surface area contributed by atoms with E-state index in [1.165, 1.54) is 5.56 Å². The molecular formula is C16H25NO2. The van der Waals surface area contributed by atoms with Crippen LogP contribution in [0.5, 0.6) is 0 Å². The lowest BCUT2D eigenvalue weighted by Gasteiger charge is -2.18. The normalized spacial score (nSPS) is 14.0. The van der Waals surface area contributed by atoms with Crippen LogP contribution in [0.25, 0.3) is 0 Å². The van der Waals surface area contributed by atoms with Crippen LogP contribution in [0.4, 0.5) is 0 Å². The quantitative estimate of drug-likeness (QED) is 0.719. The van der Waals surface area contributed by atoms with Crippen LogP contribution in [-0.4, -0.2) is 17.6 Å². The molecule has 1 rings (SSSR count). The smallest absolute Gasteiger partial charge is 0.303 e. The molecule has 0 fully saturated rings. The summed E-state index contributed by atoms with van der Waals surface area (Å²) in [6.45, 7) is 2.66. The van der Waals surface area contributed by atoms with E-state index in [0.29, 0.717) is 12.5 Å². The Labute approximate surface area is 115 Å². The number of rotatable bonds is 9. The zero-order valence-electron chi connectivity index (χ0n) is 11.7. The topological polar surface area (TPSA) is 63.3 Å². The number of aliphatic carboxylic acids is 1. The third-order valence-corrected chi connectivity index (χ3v) is 3.54. The number of hydrogen-bond donors (Lipinski definition) is 2. The molecule has 0 aliphatic heterocycles. The molecule has 1 aromatic carbocycles. The maximum Gasteiger partial charge on any atom is 0.303 e. The fourth-order valence-corrected chi connectivity index (χ4v) is 2.50. The number of benzene rings is 1. The van der Waals surface area contributed by atoms with E-state index in [4.69, 9.17) is 10.8 Å². The molecule has 0 aliphatic rings. The van der Waals surface area contributed by atoms with Crippen molar-refractivity contribution < 1.29 is 9.90 Å². The zero-order chi connectivity index (χ0) is 14.1. The average molecular weight is 263 g/mol. The summed E-state index contributed by atoms with van der Waals surface area (Å²) < 4.78 is 0. The van der Waals surface area contributed by atoms with Crippen LogP contribution in [0.1, 0.15) is 38.2 Å². The first-order valence-corrected chi connectivity index (χ1v) is 7.07. The van der Waals surface area contributed by atoms with Gasteiger partial charge in [0.25, 0.3) is 0 Å². The fraction of sp³-hybridized carbons (Fsp3) is 0.562. The SMILES string of the molecule is CC(CCCc1ccccc1)CC(CN)CC(=O)O. The highest BCUT2D eigenvalue weighted by Crippen LogP contribution is 2.20. The molecule has 2 atom stereocenters. The summed E-state index contributed by atoms with van der Waals surface area (Å²) in [5.41, 5.74) is 7.00. The van der Waals surface area contributed by atoms with E-state index in [1.54, 1.807) is 0 Å². The molecule has 3 heteroatoms. The Bertz CT molecular complexity index is 364. The third-order valence-electron chi connectivity index (χ3n) is 3.54. The lowest BCUT2D eigenvalue weighted by atomic mass is 9.89. The lowest BCUT2D eigenvalue weighted by molar-refractivity contribution is -0.138. The molecule has 0 bridgehead atoms. The summed E-state index contributed by atoms with van der Waals surface area (Å²) in [4.78, 5) is 10.7. The minimum Gasteiger partial charge on any atom is -0.481 e. The highest BCUT2D eigenvalue weighted by molar-refractivity contribution is 5.67. The van der Waals surface area contributed by atoms with Crippen LogP contribution in [0.3, 0.4) is 0 Å². The van der Waals surface area contributed by atoms with E-state index in [2.05, 4.69) is 31.2 Å². The highest BCUT2D eigenvalue weighted by Gasteiger charge is 2.15. The van der Waals surface area contributed by atoms with Crippen molar-refractivity contribution in [2.45, 2.75) is 39.0 Å². The Hall–Kier alpha value is -1.35. The van der Waals surface area contributed by atoms with Crippen molar-refractivity contribution in [1.82, 2.24) is 0 Å². The largest absolute Gasteiger partial charge is 0.481 e. The van der Waals surface area contributed by atoms with E-state index in [0.717, 1.165) is 25.7 Å². The lowest BCUT2D eigenvalue weighted by Crippen LogP contribution is -2.20. The first-order chi connectivity index (χ1) is 9.11. The molecule has 3 nitrogen and oxygen atoms in total. The van der Waals surface area contributed by atoms with Crippen LogP contribution in [-0.2, 0) is 11.2 Å². The summed E-state index contributed by atoms with van der Waals surface area (Å²) in [5.74, 6) is -0.0900. The summed E-state index contributed by atoms with van der Waals surface area (Å²) >= 11 is 0. The highest BCUT2D eigenvalue weighted by atomic mass is 16.4. The minimum atomic E-state index is -0.744. The van der Waals surface area contributed by atoms with Gasteiger partial charge in [-0.3, -0.25) is 4.79 Å². The molecule has 0 aromatic heterocycles. The standard InChI is InChI=1S/C16H25NO2/c1-13(10-15(12-17)11-16(18)19)6-5-9-14-7-3-2-4-8-14/h2-4,7-8,13,15H,5-6,9-12,17H2,1H3,(H,18,19). The molecular weight excluding hydrogens is 238 g/mol. The first-order valence-electron chi connectivity index (χ1n) is 7.07. The van der Waals surface area contributed by atoms with Gasteiger partial charge in [-0.1, -0.05) is 43.7 Å². The van der Waals surface area contributed by atoms with Crippen LogP contribution in [0, 0.1) is 11.8 Å². The van der Waals surface area contributed by atoms with Gasteiger partial charge in [-0.05, 0) is 43.2 Å². The van der Waals surface area contributed by atoms with Crippen molar-refractivity contribution >= 4 is 5.97 Å². The van der Waals surface area contributed by atoms with Gasteiger partial charge in [0, 0.05) is 6.42 Å². The second-order valence-corrected chi connectivity index (χ2v) is 5.42. The molecule has 106 valence electrons. The number of carbonyl (C=O) groups is 1. The van der Waals surface area contributed by atoms with E-state index in [9.17, 15) is 4.79 Å². The van der Waals surface area contributed by atoms with Gasteiger partial charge < -0.3 is 10.8 Å². The van der Waals surface area contributed by atoms with E-state index in [-0.39, 0.29) is 12.3 Å². The van der Waals surface area contributed by atoms with Crippen LogP contribution >= 0.6 is 0 Å². The van der Waals surface area contributed by atoms with Crippen molar-refractivity contribution in [2.24, 2.45) is 17.6 Å². The van der Waals surface area contributed by atoms with E-state index in [1.807, 2.05) is 6.07 Å². The third kappa shape index (κ3) is 6.97.